The Bertz CT molecular complexity index is 1410. The van der Waals surface area contributed by atoms with Gasteiger partial charge in [-0.25, -0.2) is 4.98 Å². The fraction of sp³-hybridized carbons (Fsp3) is 0.310. The number of likely N-dealkylation sites (N-methyl/N-ethyl adjacent to an activating group) is 2. The van der Waals surface area contributed by atoms with Crippen molar-refractivity contribution in [1.82, 2.24) is 14.9 Å². The Kier molecular flexibility index (Phi) is 8.85. The smallest absolute Gasteiger partial charge is 0.247 e. The van der Waals surface area contributed by atoms with Gasteiger partial charge in [0.1, 0.15) is 11.6 Å². The number of carbonyl (C=O) groups is 2. The Morgan fingerprint density at radius 3 is 2.60 bits per heavy atom. The third-order valence-corrected chi connectivity index (χ3v) is 6.59. The van der Waals surface area contributed by atoms with Crippen molar-refractivity contribution in [2.24, 2.45) is 0 Å². The summed E-state index contributed by atoms with van der Waals surface area (Å²) in [5, 5.41) is 9.46. The second kappa shape index (κ2) is 12.5. The summed E-state index contributed by atoms with van der Waals surface area (Å²) in [5.41, 5.74) is 4.75. The van der Waals surface area contributed by atoms with Crippen LogP contribution in [-0.4, -0.2) is 74.6 Å². The van der Waals surface area contributed by atoms with Crippen LogP contribution in [0.4, 0.5) is 40.2 Å². The number of nitrogens with zero attached hydrogens (tertiary/aromatic N) is 5. The third kappa shape index (κ3) is 6.49. The van der Waals surface area contributed by atoms with Gasteiger partial charge in [-0.3, -0.25) is 9.59 Å². The van der Waals surface area contributed by atoms with E-state index in [0.29, 0.717) is 35.4 Å². The van der Waals surface area contributed by atoms with Gasteiger partial charge in [0.15, 0.2) is 0 Å². The maximum absolute atomic E-state index is 12.2. The molecular formula is C29H36N8O3. The molecule has 11 heteroatoms. The van der Waals surface area contributed by atoms with Crippen LogP contribution >= 0.6 is 0 Å². The molecule has 0 spiro atoms. The van der Waals surface area contributed by atoms with Crippen molar-refractivity contribution in [3.05, 3.63) is 60.8 Å². The summed E-state index contributed by atoms with van der Waals surface area (Å²) in [7, 11) is 7.56. The number of carbonyl (C=O) groups excluding carboxylic acids is 2. The molecule has 1 aromatic heterocycles. The molecule has 1 aliphatic rings. The van der Waals surface area contributed by atoms with Gasteiger partial charge >= 0.3 is 0 Å². The first kappa shape index (κ1) is 28.4. The second-order valence-electron chi connectivity index (χ2n) is 9.74. The molecule has 0 bridgehead atoms. The van der Waals surface area contributed by atoms with Crippen molar-refractivity contribution in [2.45, 2.75) is 13.3 Å². The molecule has 1 aliphatic heterocycles. The second-order valence-corrected chi connectivity index (χ2v) is 9.74. The van der Waals surface area contributed by atoms with Crippen molar-refractivity contribution in [3.63, 3.8) is 0 Å². The number of aromatic nitrogens is 2. The molecule has 0 unspecified atom stereocenters. The Morgan fingerprint density at radius 2 is 1.90 bits per heavy atom. The van der Waals surface area contributed by atoms with Crippen LogP contribution in [0.2, 0.25) is 0 Å². The average Bonchev–Trinajstić information content (AvgIpc) is 3.38. The van der Waals surface area contributed by atoms with E-state index >= 15 is 0 Å². The summed E-state index contributed by atoms with van der Waals surface area (Å²) in [4.78, 5) is 39.4. The van der Waals surface area contributed by atoms with Gasteiger partial charge in [-0.05, 0) is 50.4 Å². The normalized spacial score (nSPS) is 12.1. The van der Waals surface area contributed by atoms with Crippen LogP contribution in [-0.2, 0) is 16.0 Å². The van der Waals surface area contributed by atoms with E-state index in [2.05, 4.69) is 42.3 Å². The zero-order valence-corrected chi connectivity index (χ0v) is 23.6. The summed E-state index contributed by atoms with van der Waals surface area (Å²) in [6, 6.07) is 11.3. The van der Waals surface area contributed by atoms with Gasteiger partial charge < -0.3 is 35.4 Å². The maximum atomic E-state index is 12.2. The van der Waals surface area contributed by atoms with Gasteiger partial charge in [-0.15, -0.1) is 0 Å². The van der Waals surface area contributed by atoms with E-state index in [1.807, 2.05) is 45.4 Å². The van der Waals surface area contributed by atoms with Crippen LogP contribution in [0.1, 0.15) is 12.5 Å². The minimum Gasteiger partial charge on any atom is -0.494 e. The first-order valence-electron chi connectivity index (χ1n) is 13.0. The van der Waals surface area contributed by atoms with E-state index in [1.165, 1.54) is 6.08 Å². The molecule has 0 aliphatic carbocycles. The highest BCUT2D eigenvalue weighted by atomic mass is 16.5. The van der Waals surface area contributed by atoms with Crippen LogP contribution in [0.15, 0.2) is 55.3 Å². The van der Waals surface area contributed by atoms with Gasteiger partial charge in [0.05, 0.1) is 35.5 Å². The van der Waals surface area contributed by atoms with Crippen LogP contribution in [0.5, 0.6) is 5.75 Å². The van der Waals surface area contributed by atoms with Gasteiger partial charge in [0.25, 0.3) is 0 Å². The molecule has 40 heavy (non-hydrogen) atoms. The lowest BCUT2D eigenvalue weighted by Crippen LogP contribution is -2.29. The molecule has 2 amide bonds. The lowest BCUT2D eigenvalue weighted by atomic mass is 10.1. The number of anilines is 7. The van der Waals surface area contributed by atoms with Crippen molar-refractivity contribution < 1.29 is 14.3 Å². The number of fused-ring (bicyclic) bond motifs is 1. The summed E-state index contributed by atoms with van der Waals surface area (Å²) < 4.78 is 5.69. The minimum atomic E-state index is -0.323. The molecule has 2 heterocycles. The highest BCUT2D eigenvalue weighted by Gasteiger charge is 2.25. The summed E-state index contributed by atoms with van der Waals surface area (Å²) in [5.74, 6) is 1.12. The number of nitrogens with one attached hydrogen (secondary N) is 3. The molecule has 0 atom stereocenters. The minimum absolute atomic E-state index is 0.000272. The third-order valence-electron chi connectivity index (χ3n) is 6.59. The quantitative estimate of drug-likeness (QED) is 0.308. The number of hydrogen-bond donors (Lipinski definition) is 3. The highest BCUT2D eigenvalue weighted by molar-refractivity contribution is 6.02. The molecule has 0 radical (unpaired) electrons. The number of benzene rings is 2. The van der Waals surface area contributed by atoms with Gasteiger partial charge in [-0.2, -0.15) is 4.98 Å². The number of para-hydroxylation sites is 1. The first-order valence-corrected chi connectivity index (χ1v) is 13.0. The zero-order valence-electron chi connectivity index (χ0n) is 23.6. The lowest BCUT2D eigenvalue weighted by molar-refractivity contribution is -0.116. The fourth-order valence-corrected chi connectivity index (χ4v) is 4.52. The standard InChI is InChI=1S/C29H36N8O3/c1-7-27(39)32-22-17-23(25(40-6)18-24(22)36(5)16-15-35(3)4)33-29-30-13-11-26(34-29)31-21-10-8-9-20-12-14-37(19(2)38)28(20)21/h7-11,13,17-18H,1,12,14-16H2,2-6H3,(H,32,39)(H2,30,31,33,34). The molecule has 11 nitrogen and oxygen atoms in total. The molecular weight excluding hydrogens is 508 g/mol. The summed E-state index contributed by atoms with van der Waals surface area (Å²) >= 11 is 0. The molecule has 0 fully saturated rings. The van der Waals surface area contributed by atoms with Crippen molar-refractivity contribution in [2.75, 3.05) is 73.6 Å². The predicted molar refractivity (Wildman–Crippen MR) is 160 cm³/mol. The first-order chi connectivity index (χ1) is 19.2. The monoisotopic (exact) mass is 544 g/mol. The topological polar surface area (TPSA) is 115 Å². The van der Waals surface area contributed by atoms with Crippen LogP contribution in [0.3, 0.4) is 0 Å². The zero-order chi connectivity index (χ0) is 28.8. The van der Waals surface area contributed by atoms with E-state index in [-0.39, 0.29) is 11.8 Å². The number of amides is 2. The van der Waals surface area contributed by atoms with E-state index in [4.69, 9.17) is 4.74 Å². The van der Waals surface area contributed by atoms with Gasteiger partial charge in [0.2, 0.25) is 17.8 Å². The molecule has 3 aromatic rings. The number of rotatable bonds is 11. The molecule has 210 valence electrons. The summed E-state index contributed by atoms with van der Waals surface area (Å²) in [6.45, 7) is 7.37. The number of ether oxygens (including phenoxy) is 1. The Hall–Kier alpha value is -4.64. The molecule has 4 rings (SSSR count). The van der Waals surface area contributed by atoms with E-state index in [0.717, 1.165) is 42.1 Å². The Balaban J connectivity index is 1.63. The fourth-order valence-electron chi connectivity index (χ4n) is 4.52. The van der Waals surface area contributed by atoms with Crippen molar-refractivity contribution in [3.8, 4) is 5.75 Å². The Morgan fingerprint density at radius 1 is 1.10 bits per heavy atom. The average molecular weight is 545 g/mol. The van der Waals surface area contributed by atoms with Crippen LogP contribution in [0.25, 0.3) is 0 Å². The van der Waals surface area contributed by atoms with E-state index < -0.39 is 0 Å². The van der Waals surface area contributed by atoms with Crippen molar-refractivity contribution in [1.29, 1.82) is 0 Å². The molecule has 0 saturated heterocycles. The highest BCUT2D eigenvalue weighted by Crippen LogP contribution is 2.39. The molecule has 2 aromatic carbocycles. The lowest BCUT2D eigenvalue weighted by Gasteiger charge is -2.26. The predicted octanol–water partition coefficient (Wildman–Crippen LogP) is 4.00. The number of hydrogen-bond acceptors (Lipinski definition) is 9. The number of methoxy groups -OCH3 is 1. The largest absolute Gasteiger partial charge is 0.494 e. The van der Waals surface area contributed by atoms with E-state index in [9.17, 15) is 9.59 Å². The SMILES string of the molecule is C=CC(=O)Nc1cc(Nc2nccc(Nc3cccc4c3N(C(C)=O)CC4)n2)c(OC)cc1N(C)CCN(C)C. The summed E-state index contributed by atoms with van der Waals surface area (Å²) in [6.07, 6.45) is 3.68. The van der Waals surface area contributed by atoms with Gasteiger partial charge in [-0.1, -0.05) is 18.7 Å². The molecule has 0 saturated carbocycles. The van der Waals surface area contributed by atoms with Crippen molar-refractivity contribution >= 4 is 52.0 Å². The Labute approximate surface area is 234 Å². The van der Waals surface area contributed by atoms with E-state index in [1.54, 1.807) is 37.3 Å². The van der Waals surface area contributed by atoms with Crippen LogP contribution in [0, 0.1) is 0 Å². The van der Waals surface area contributed by atoms with Gasteiger partial charge in [0, 0.05) is 45.9 Å². The molecule has 3 N–H and O–H groups in total. The van der Waals surface area contributed by atoms with Crippen LogP contribution < -0.4 is 30.5 Å². The maximum Gasteiger partial charge on any atom is 0.247 e.